The van der Waals surface area contributed by atoms with Gasteiger partial charge in [-0.3, -0.25) is 0 Å². The van der Waals surface area contributed by atoms with Gasteiger partial charge in [-0.25, -0.2) is 0 Å². The van der Waals surface area contributed by atoms with Gasteiger partial charge < -0.3 is 11.1 Å². The fourth-order valence-corrected chi connectivity index (χ4v) is 6.69. The van der Waals surface area contributed by atoms with Crippen molar-refractivity contribution in [2.24, 2.45) is 27.4 Å². The molecule has 0 aromatic heterocycles. The van der Waals surface area contributed by atoms with Gasteiger partial charge in [0.1, 0.15) is 5.69 Å². The lowest BCUT2D eigenvalue weighted by Crippen LogP contribution is -2.62. The SMILES string of the molecule is [N-]=[N+]=NC[C@]12CCC3c4ccc(N=O)cc4CC[C@@]3(N)C1CC=C2C1=CC=CNC1. The van der Waals surface area contributed by atoms with Crippen LogP contribution in [0.4, 0.5) is 5.69 Å². The molecule has 1 fully saturated rings. The third-order valence-corrected chi connectivity index (χ3v) is 7.94. The smallest absolute Gasteiger partial charge is 0.108 e. The third kappa shape index (κ3) is 2.66. The van der Waals surface area contributed by atoms with Crippen molar-refractivity contribution in [3.8, 4) is 0 Å². The number of nitroso groups, excluding NO2 is 1. The van der Waals surface area contributed by atoms with Crippen molar-refractivity contribution in [2.45, 2.75) is 43.6 Å². The van der Waals surface area contributed by atoms with Gasteiger partial charge in [0.05, 0.1) is 0 Å². The highest BCUT2D eigenvalue weighted by Gasteiger charge is 2.60. The van der Waals surface area contributed by atoms with E-state index in [9.17, 15) is 4.91 Å². The van der Waals surface area contributed by atoms with E-state index in [1.807, 2.05) is 24.4 Å². The standard InChI is InChI=1S/C23H26N6O/c24-23-10-7-15-12-17(28-30)3-4-18(15)20(23)8-9-22(14-27-29-25)19(5-6-21(22)23)16-2-1-11-26-13-16/h1-5,11-12,20-21,26H,6-10,13-14,24H2/t20?,21?,22-,23-/m0/s1. The molecule has 1 heterocycles. The molecule has 154 valence electrons. The van der Waals surface area contributed by atoms with Gasteiger partial charge in [0.15, 0.2) is 0 Å². The van der Waals surface area contributed by atoms with Gasteiger partial charge >= 0.3 is 0 Å². The zero-order valence-electron chi connectivity index (χ0n) is 16.9. The second-order valence-corrected chi connectivity index (χ2v) is 9.06. The molecule has 0 radical (unpaired) electrons. The summed E-state index contributed by atoms with van der Waals surface area (Å²) in [5.41, 5.74) is 21.4. The first-order chi connectivity index (χ1) is 14.6. The number of hydrogen-bond donors (Lipinski definition) is 2. The summed E-state index contributed by atoms with van der Waals surface area (Å²) in [6.45, 7) is 1.24. The number of allylic oxidation sites excluding steroid dienone is 3. The van der Waals surface area contributed by atoms with Crippen LogP contribution in [0.2, 0.25) is 0 Å². The van der Waals surface area contributed by atoms with E-state index in [0.29, 0.717) is 12.2 Å². The summed E-state index contributed by atoms with van der Waals surface area (Å²) >= 11 is 0. The van der Waals surface area contributed by atoms with Gasteiger partial charge in [-0.2, -0.15) is 0 Å². The Morgan fingerprint density at radius 3 is 3.00 bits per heavy atom. The van der Waals surface area contributed by atoms with Crippen molar-refractivity contribution >= 4 is 5.69 Å². The first kappa shape index (κ1) is 19.1. The van der Waals surface area contributed by atoms with Crippen LogP contribution in [0.5, 0.6) is 0 Å². The van der Waals surface area contributed by atoms with Crippen LogP contribution in [0.25, 0.3) is 10.4 Å². The highest BCUT2D eigenvalue weighted by molar-refractivity contribution is 5.51. The lowest BCUT2D eigenvalue weighted by Gasteiger charge is -2.57. The molecule has 4 aliphatic rings. The van der Waals surface area contributed by atoms with Gasteiger partial charge in [0.2, 0.25) is 0 Å². The van der Waals surface area contributed by atoms with Gasteiger partial charge in [-0.05, 0) is 95.4 Å². The quantitative estimate of drug-likeness (QED) is 0.323. The predicted molar refractivity (Wildman–Crippen MR) is 117 cm³/mol. The molecule has 1 aromatic carbocycles. The molecule has 0 saturated heterocycles. The molecule has 0 bridgehead atoms. The first-order valence-corrected chi connectivity index (χ1v) is 10.7. The monoisotopic (exact) mass is 402 g/mol. The number of aryl methyl sites for hydroxylation is 1. The minimum atomic E-state index is -0.358. The molecule has 1 saturated carbocycles. The fourth-order valence-electron chi connectivity index (χ4n) is 6.69. The number of nitrogens with one attached hydrogen (secondary N) is 1. The Hall–Kier alpha value is -2.89. The van der Waals surface area contributed by atoms with Crippen LogP contribution in [0.3, 0.4) is 0 Å². The Balaban J connectivity index is 1.56. The van der Waals surface area contributed by atoms with Crippen LogP contribution >= 0.6 is 0 Å². The van der Waals surface area contributed by atoms with Crippen LogP contribution in [-0.2, 0) is 6.42 Å². The largest absolute Gasteiger partial charge is 0.387 e. The summed E-state index contributed by atoms with van der Waals surface area (Å²) in [5, 5.41) is 10.5. The molecule has 0 spiro atoms. The van der Waals surface area contributed by atoms with Gasteiger partial charge in [-0.15, -0.1) is 4.91 Å². The molecule has 1 aliphatic heterocycles. The van der Waals surface area contributed by atoms with E-state index in [0.717, 1.165) is 38.6 Å². The lowest BCUT2D eigenvalue weighted by molar-refractivity contribution is 0.0415. The number of hydrogen-bond acceptors (Lipinski definition) is 5. The van der Waals surface area contributed by atoms with E-state index in [2.05, 4.69) is 38.7 Å². The number of fused-ring (bicyclic) bond motifs is 5. The first-order valence-electron chi connectivity index (χ1n) is 10.7. The normalized spacial score (nSPS) is 33.8. The fraction of sp³-hybridized carbons (Fsp3) is 0.478. The molecular weight excluding hydrogens is 376 g/mol. The molecule has 5 rings (SSSR count). The van der Waals surface area contributed by atoms with Crippen LogP contribution in [0.1, 0.15) is 42.7 Å². The van der Waals surface area contributed by atoms with Crippen LogP contribution in [-0.4, -0.2) is 18.6 Å². The highest BCUT2D eigenvalue weighted by atomic mass is 16.3. The highest BCUT2D eigenvalue weighted by Crippen LogP contribution is 2.63. The van der Waals surface area contributed by atoms with E-state index in [-0.39, 0.29) is 22.8 Å². The molecule has 1 aromatic rings. The minimum Gasteiger partial charge on any atom is -0.387 e. The van der Waals surface area contributed by atoms with Crippen molar-refractivity contribution in [3.05, 3.63) is 80.3 Å². The van der Waals surface area contributed by atoms with E-state index in [1.54, 1.807) is 0 Å². The zero-order chi connectivity index (χ0) is 20.8. The average molecular weight is 403 g/mol. The van der Waals surface area contributed by atoms with E-state index >= 15 is 0 Å². The van der Waals surface area contributed by atoms with Crippen LogP contribution in [0, 0.1) is 16.2 Å². The van der Waals surface area contributed by atoms with Gasteiger partial charge in [0.25, 0.3) is 0 Å². The zero-order valence-corrected chi connectivity index (χ0v) is 16.9. The van der Waals surface area contributed by atoms with Crippen molar-refractivity contribution in [1.82, 2.24) is 5.32 Å². The van der Waals surface area contributed by atoms with E-state index in [4.69, 9.17) is 11.3 Å². The summed E-state index contributed by atoms with van der Waals surface area (Å²) < 4.78 is 0. The molecule has 3 N–H and O–H groups in total. The van der Waals surface area contributed by atoms with Gasteiger partial charge in [0, 0.05) is 34.9 Å². The summed E-state index contributed by atoms with van der Waals surface area (Å²) in [4.78, 5) is 14.1. The van der Waals surface area contributed by atoms with E-state index < -0.39 is 0 Å². The average Bonchev–Trinajstić information content (AvgIpc) is 3.18. The van der Waals surface area contributed by atoms with E-state index in [1.165, 1.54) is 22.3 Å². The second kappa shape index (κ2) is 7.11. The van der Waals surface area contributed by atoms with Crippen molar-refractivity contribution in [1.29, 1.82) is 0 Å². The summed E-state index contributed by atoms with van der Waals surface area (Å²) in [5.74, 6) is 0.477. The third-order valence-electron chi connectivity index (χ3n) is 7.94. The van der Waals surface area contributed by atoms with Crippen LogP contribution < -0.4 is 11.1 Å². The van der Waals surface area contributed by atoms with Crippen molar-refractivity contribution < 1.29 is 0 Å². The topological polar surface area (TPSA) is 116 Å². The Morgan fingerprint density at radius 2 is 2.23 bits per heavy atom. The molecule has 2 unspecified atom stereocenters. The molecule has 0 amide bonds. The molecular formula is C23H26N6O. The summed E-state index contributed by atoms with van der Waals surface area (Å²) in [6, 6.07) is 5.79. The predicted octanol–water partition coefficient (Wildman–Crippen LogP) is 4.89. The van der Waals surface area contributed by atoms with Crippen molar-refractivity contribution in [2.75, 3.05) is 13.1 Å². The maximum atomic E-state index is 11.0. The number of nitrogens with two attached hydrogens (primary N) is 1. The Labute approximate surface area is 175 Å². The number of dihydropyridines is 1. The Bertz CT molecular complexity index is 1040. The lowest BCUT2D eigenvalue weighted by atomic mass is 9.49. The number of rotatable bonds is 4. The second-order valence-electron chi connectivity index (χ2n) is 9.06. The maximum absolute atomic E-state index is 11.0. The number of benzene rings is 1. The van der Waals surface area contributed by atoms with Gasteiger partial charge in [-0.1, -0.05) is 23.3 Å². The number of azide groups is 1. The Kier molecular flexibility index (Phi) is 4.53. The minimum absolute atomic E-state index is 0.210. The molecule has 4 atom stereocenters. The maximum Gasteiger partial charge on any atom is 0.108 e. The number of nitrogens with zero attached hydrogens (tertiary/aromatic N) is 4. The summed E-state index contributed by atoms with van der Waals surface area (Å²) in [6.07, 6.45) is 13.0. The molecule has 30 heavy (non-hydrogen) atoms. The Morgan fingerprint density at radius 1 is 1.33 bits per heavy atom. The summed E-state index contributed by atoms with van der Waals surface area (Å²) in [7, 11) is 0. The molecule has 7 nitrogen and oxygen atoms in total. The molecule has 3 aliphatic carbocycles. The van der Waals surface area contributed by atoms with Crippen LogP contribution in [0.15, 0.2) is 64.1 Å². The molecule has 7 heteroatoms. The van der Waals surface area contributed by atoms with Crippen molar-refractivity contribution in [3.63, 3.8) is 0 Å².